The van der Waals surface area contributed by atoms with Gasteiger partial charge in [0.2, 0.25) is 11.0 Å². The van der Waals surface area contributed by atoms with Gasteiger partial charge in [-0.2, -0.15) is 4.57 Å². The molecule has 1 heterocycles. The lowest BCUT2D eigenvalue weighted by Crippen LogP contribution is -2.42. The van der Waals surface area contributed by atoms with Crippen molar-refractivity contribution in [3.63, 3.8) is 0 Å². The SMILES string of the molecule is Br.O=C([O-])C[n+]1csc2ccccc21. The summed E-state index contributed by atoms with van der Waals surface area (Å²) in [4.78, 5) is 10.4. The summed E-state index contributed by atoms with van der Waals surface area (Å²) < 4.78 is 2.76. The van der Waals surface area contributed by atoms with Crippen LogP contribution in [0.4, 0.5) is 0 Å². The lowest BCUT2D eigenvalue weighted by atomic mass is 10.3. The summed E-state index contributed by atoms with van der Waals surface area (Å²) in [6.07, 6.45) is 0. The number of carboxylic acid groups (broad SMARTS) is 1. The summed E-state index contributed by atoms with van der Waals surface area (Å²) in [5.74, 6) is -1.06. The molecule has 0 radical (unpaired) electrons. The van der Waals surface area contributed by atoms with Crippen LogP contribution in [0.25, 0.3) is 10.2 Å². The van der Waals surface area contributed by atoms with Crippen molar-refractivity contribution in [2.24, 2.45) is 0 Å². The van der Waals surface area contributed by atoms with Crippen LogP contribution in [0.3, 0.4) is 0 Å². The highest BCUT2D eigenvalue weighted by Gasteiger charge is 2.09. The molecule has 0 spiro atoms. The lowest BCUT2D eigenvalue weighted by Gasteiger charge is -1.94. The standard InChI is InChI=1S/C9H7NO2S.BrH/c11-9(12)5-10-6-13-8-4-2-1-3-7(8)10;/h1-4,6H,5H2;1H. The number of carbonyl (C=O) groups is 1. The predicted octanol–water partition coefficient (Wildman–Crippen LogP) is 0.517. The second kappa shape index (κ2) is 4.52. The molecule has 2 aromatic rings. The number of benzene rings is 1. The zero-order valence-corrected chi connectivity index (χ0v) is 9.70. The van der Waals surface area contributed by atoms with Gasteiger partial charge in [-0.1, -0.05) is 23.5 Å². The van der Waals surface area contributed by atoms with Gasteiger partial charge in [-0.15, -0.1) is 17.0 Å². The van der Waals surface area contributed by atoms with Crippen molar-refractivity contribution < 1.29 is 14.5 Å². The van der Waals surface area contributed by atoms with Gasteiger partial charge in [-0.05, 0) is 6.07 Å². The maximum atomic E-state index is 10.4. The third-order valence-electron chi connectivity index (χ3n) is 1.78. The fourth-order valence-corrected chi connectivity index (χ4v) is 2.12. The van der Waals surface area contributed by atoms with Crippen molar-refractivity contribution in [3.8, 4) is 0 Å². The fourth-order valence-electron chi connectivity index (χ4n) is 1.23. The molecule has 0 aliphatic heterocycles. The van der Waals surface area contributed by atoms with Crippen LogP contribution in [-0.4, -0.2) is 5.97 Å². The minimum absolute atomic E-state index is 0. The number of para-hydroxylation sites is 1. The van der Waals surface area contributed by atoms with Gasteiger partial charge in [-0.25, -0.2) is 0 Å². The molecule has 14 heavy (non-hydrogen) atoms. The van der Waals surface area contributed by atoms with E-state index in [9.17, 15) is 9.90 Å². The first-order chi connectivity index (χ1) is 6.27. The Labute approximate surface area is 95.4 Å². The van der Waals surface area contributed by atoms with Crippen LogP contribution in [0.1, 0.15) is 0 Å². The van der Waals surface area contributed by atoms with Crippen LogP contribution in [0.5, 0.6) is 0 Å². The number of hydrogen-bond donors (Lipinski definition) is 0. The van der Waals surface area contributed by atoms with Gasteiger partial charge in [0.15, 0.2) is 6.54 Å². The van der Waals surface area contributed by atoms with Gasteiger partial charge in [0, 0.05) is 6.07 Å². The molecule has 0 bridgehead atoms. The highest BCUT2D eigenvalue weighted by Crippen LogP contribution is 2.14. The van der Waals surface area contributed by atoms with E-state index in [1.807, 2.05) is 24.3 Å². The maximum absolute atomic E-state index is 10.4. The zero-order valence-electron chi connectivity index (χ0n) is 7.17. The fraction of sp³-hybridized carbons (Fsp3) is 0.111. The molecule has 0 saturated heterocycles. The molecule has 0 aliphatic carbocycles. The molecular weight excluding hydrogens is 266 g/mol. The van der Waals surface area contributed by atoms with Gasteiger partial charge in [0.1, 0.15) is 10.7 Å². The van der Waals surface area contributed by atoms with Crippen molar-refractivity contribution in [1.82, 2.24) is 0 Å². The molecule has 0 unspecified atom stereocenters. The molecular formula is C9H8BrNO2S. The number of nitrogens with zero attached hydrogens (tertiary/aromatic N) is 1. The second-order valence-electron chi connectivity index (χ2n) is 2.69. The number of rotatable bonds is 2. The Morgan fingerprint density at radius 3 is 2.86 bits per heavy atom. The van der Waals surface area contributed by atoms with Crippen molar-refractivity contribution >= 4 is 44.5 Å². The maximum Gasteiger partial charge on any atom is 0.226 e. The van der Waals surface area contributed by atoms with Gasteiger partial charge < -0.3 is 9.90 Å². The highest BCUT2D eigenvalue weighted by atomic mass is 79.9. The summed E-state index contributed by atoms with van der Waals surface area (Å²) in [6, 6.07) is 7.68. The highest BCUT2D eigenvalue weighted by molar-refractivity contribution is 8.93. The van der Waals surface area contributed by atoms with Crippen molar-refractivity contribution in [3.05, 3.63) is 29.8 Å². The summed E-state index contributed by atoms with van der Waals surface area (Å²) in [7, 11) is 0. The molecule has 2 rings (SSSR count). The zero-order chi connectivity index (χ0) is 9.26. The number of aromatic nitrogens is 1. The quantitative estimate of drug-likeness (QED) is 0.749. The van der Waals surface area contributed by atoms with E-state index in [4.69, 9.17) is 0 Å². The van der Waals surface area contributed by atoms with E-state index in [0.717, 1.165) is 10.2 Å². The minimum atomic E-state index is -1.06. The first-order valence-corrected chi connectivity index (χ1v) is 4.71. The summed E-state index contributed by atoms with van der Waals surface area (Å²) in [5.41, 5.74) is 2.73. The Morgan fingerprint density at radius 2 is 2.14 bits per heavy atom. The molecule has 1 aromatic carbocycles. The van der Waals surface area contributed by atoms with Gasteiger partial charge >= 0.3 is 0 Å². The van der Waals surface area contributed by atoms with Gasteiger partial charge in [-0.3, -0.25) is 0 Å². The van der Waals surface area contributed by atoms with E-state index in [0.29, 0.717) is 0 Å². The van der Waals surface area contributed by atoms with Crippen LogP contribution >= 0.6 is 28.3 Å². The van der Waals surface area contributed by atoms with E-state index in [1.165, 1.54) is 11.3 Å². The number of halogens is 1. The smallest absolute Gasteiger partial charge is 0.226 e. The third kappa shape index (κ3) is 2.10. The van der Waals surface area contributed by atoms with Crippen LogP contribution < -0.4 is 9.67 Å². The van der Waals surface area contributed by atoms with Crippen LogP contribution in [0, 0.1) is 0 Å². The van der Waals surface area contributed by atoms with E-state index < -0.39 is 5.97 Å². The predicted molar refractivity (Wildman–Crippen MR) is 57.3 cm³/mol. The topological polar surface area (TPSA) is 44.0 Å². The summed E-state index contributed by atoms with van der Waals surface area (Å²) in [6.45, 7) is -0.0794. The summed E-state index contributed by atoms with van der Waals surface area (Å²) in [5, 5.41) is 10.4. The van der Waals surface area contributed by atoms with E-state index in [-0.39, 0.29) is 23.5 Å². The molecule has 5 heteroatoms. The first kappa shape index (κ1) is 11.1. The minimum Gasteiger partial charge on any atom is -0.544 e. The third-order valence-corrected chi connectivity index (χ3v) is 2.74. The molecule has 1 aromatic heterocycles. The number of carboxylic acids is 1. The summed E-state index contributed by atoms with van der Waals surface area (Å²) >= 11 is 1.53. The van der Waals surface area contributed by atoms with Crippen molar-refractivity contribution in [1.29, 1.82) is 0 Å². The second-order valence-corrected chi connectivity index (χ2v) is 3.58. The van der Waals surface area contributed by atoms with Gasteiger partial charge in [0.25, 0.3) is 0 Å². The Morgan fingerprint density at radius 1 is 1.43 bits per heavy atom. The van der Waals surface area contributed by atoms with E-state index in [2.05, 4.69) is 0 Å². The Kier molecular flexibility index (Phi) is 3.60. The average Bonchev–Trinajstić information content (AvgIpc) is 2.48. The van der Waals surface area contributed by atoms with E-state index >= 15 is 0 Å². The molecule has 74 valence electrons. The average molecular weight is 274 g/mol. The number of fused-ring (bicyclic) bond motifs is 1. The molecule has 0 amide bonds. The number of thiazole rings is 1. The normalized spacial score (nSPS) is 9.71. The molecule has 0 atom stereocenters. The molecule has 0 saturated carbocycles. The molecule has 0 aliphatic rings. The van der Waals surface area contributed by atoms with E-state index in [1.54, 1.807) is 10.1 Å². The van der Waals surface area contributed by atoms with Crippen LogP contribution in [0.2, 0.25) is 0 Å². The Balaban J connectivity index is 0.000000980. The van der Waals surface area contributed by atoms with Crippen LogP contribution in [-0.2, 0) is 11.3 Å². The first-order valence-electron chi connectivity index (χ1n) is 3.83. The Bertz CT molecular complexity index is 455. The lowest BCUT2D eigenvalue weighted by molar-refractivity contribution is -0.661. The van der Waals surface area contributed by atoms with Crippen molar-refractivity contribution in [2.45, 2.75) is 6.54 Å². The monoisotopic (exact) mass is 273 g/mol. The molecule has 0 fully saturated rings. The molecule has 0 N–H and O–H groups in total. The van der Waals surface area contributed by atoms with Crippen LogP contribution in [0.15, 0.2) is 29.8 Å². The number of carbonyl (C=O) groups excluding carboxylic acids is 1. The number of hydrogen-bond acceptors (Lipinski definition) is 3. The number of aliphatic carboxylic acids is 1. The molecule has 3 nitrogen and oxygen atoms in total. The largest absolute Gasteiger partial charge is 0.544 e. The van der Waals surface area contributed by atoms with Gasteiger partial charge in [0.05, 0.1) is 0 Å². The Hall–Kier alpha value is -0.940. The van der Waals surface area contributed by atoms with Crippen molar-refractivity contribution in [2.75, 3.05) is 0 Å².